The van der Waals surface area contributed by atoms with Crippen LogP contribution in [0.5, 0.6) is 0 Å². The molecule has 0 bridgehead atoms. The molecule has 1 aromatic rings. The number of aromatic nitrogens is 2. The SMILES string of the molecule is Cc1nn(C)c(C)c1NC(=O)CN1C(=O)[C@H]2CC=CC[C@H]2C1=O. The Labute approximate surface area is 134 Å². The second-order valence-electron chi connectivity index (χ2n) is 6.14. The Morgan fingerprint density at radius 2 is 1.78 bits per heavy atom. The molecule has 0 spiro atoms. The number of rotatable bonds is 3. The first-order valence-electron chi connectivity index (χ1n) is 7.70. The number of fused-ring (bicyclic) bond motifs is 1. The summed E-state index contributed by atoms with van der Waals surface area (Å²) in [6.45, 7) is 3.41. The van der Waals surface area contributed by atoms with E-state index in [-0.39, 0.29) is 36.1 Å². The van der Waals surface area contributed by atoms with Crippen molar-refractivity contribution in [2.45, 2.75) is 26.7 Å². The molecule has 2 atom stereocenters. The van der Waals surface area contributed by atoms with E-state index < -0.39 is 0 Å². The van der Waals surface area contributed by atoms with E-state index in [2.05, 4.69) is 10.4 Å². The van der Waals surface area contributed by atoms with Gasteiger partial charge in [-0.2, -0.15) is 5.10 Å². The Morgan fingerprint density at radius 3 is 2.26 bits per heavy atom. The average molecular weight is 316 g/mol. The van der Waals surface area contributed by atoms with E-state index in [9.17, 15) is 14.4 Å². The Hall–Kier alpha value is -2.44. The van der Waals surface area contributed by atoms with Gasteiger partial charge < -0.3 is 5.32 Å². The molecule has 7 heteroatoms. The van der Waals surface area contributed by atoms with E-state index in [0.29, 0.717) is 24.2 Å². The highest BCUT2D eigenvalue weighted by Crippen LogP contribution is 2.34. The summed E-state index contributed by atoms with van der Waals surface area (Å²) in [5.74, 6) is -1.46. The summed E-state index contributed by atoms with van der Waals surface area (Å²) in [5, 5.41) is 7.00. The quantitative estimate of drug-likeness (QED) is 0.664. The molecule has 23 heavy (non-hydrogen) atoms. The number of nitrogens with one attached hydrogen (secondary N) is 1. The highest BCUT2D eigenvalue weighted by molar-refractivity contribution is 6.09. The van der Waals surface area contributed by atoms with Crippen LogP contribution < -0.4 is 5.32 Å². The van der Waals surface area contributed by atoms with Crippen molar-refractivity contribution in [2.24, 2.45) is 18.9 Å². The van der Waals surface area contributed by atoms with Crippen molar-refractivity contribution in [3.63, 3.8) is 0 Å². The van der Waals surface area contributed by atoms with E-state index in [4.69, 9.17) is 0 Å². The predicted molar refractivity (Wildman–Crippen MR) is 83.4 cm³/mol. The molecule has 1 N–H and O–H groups in total. The lowest BCUT2D eigenvalue weighted by Crippen LogP contribution is -2.38. The number of aryl methyl sites for hydroxylation is 2. The minimum atomic E-state index is -0.377. The van der Waals surface area contributed by atoms with Crippen molar-refractivity contribution in [3.05, 3.63) is 23.5 Å². The van der Waals surface area contributed by atoms with Crippen LogP contribution in [0.25, 0.3) is 0 Å². The van der Waals surface area contributed by atoms with Gasteiger partial charge in [0.25, 0.3) is 0 Å². The highest BCUT2D eigenvalue weighted by Gasteiger charge is 2.47. The predicted octanol–water partition coefficient (Wildman–Crippen LogP) is 0.927. The van der Waals surface area contributed by atoms with Gasteiger partial charge in [0.1, 0.15) is 6.54 Å². The molecular weight excluding hydrogens is 296 g/mol. The van der Waals surface area contributed by atoms with Crippen LogP contribution in [0.15, 0.2) is 12.2 Å². The van der Waals surface area contributed by atoms with E-state index in [1.807, 2.05) is 19.1 Å². The van der Waals surface area contributed by atoms with E-state index >= 15 is 0 Å². The van der Waals surface area contributed by atoms with Gasteiger partial charge in [0, 0.05) is 7.05 Å². The molecule has 2 heterocycles. The summed E-state index contributed by atoms with van der Waals surface area (Å²) in [5.41, 5.74) is 2.17. The number of hydrogen-bond acceptors (Lipinski definition) is 4. The molecule has 1 saturated heterocycles. The summed E-state index contributed by atoms with van der Waals surface area (Å²) in [6, 6.07) is 0. The van der Waals surface area contributed by atoms with Crippen LogP contribution in [0.2, 0.25) is 0 Å². The number of nitrogens with zero attached hydrogens (tertiary/aromatic N) is 3. The molecule has 1 fully saturated rings. The zero-order valence-corrected chi connectivity index (χ0v) is 13.5. The van der Waals surface area contributed by atoms with E-state index in [1.165, 1.54) is 0 Å². The summed E-state index contributed by atoms with van der Waals surface area (Å²) < 4.78 is 1.68. The first-order chi connectivity index (χ1) is 10.9. The second-order valence-corrected chi connectivity index (χ2v) is 6.14. The molecule has 0 saturated carbocycles. The molecule has 1 aromatic heterocycles. The molecule has 1 aliphatic carbocycles. The van der Waals surface area contributed by atoms with Gasteiger partial charge in [-0.3, -0.25) is 24.0 Å². The number of carbonyl (C=O) groups is 3. The molecule has 7 nitrogen and oxygen atoms in total. The van der Waals surface area contributed by atoms with Gasteiger partial charge >= 0.3 is 0 Å². The zero-order valence-electron chi connectivity index (χ0n) is 13.5. The Morgan fingerprint density at radius 1 is 1.22 bits per heavy atom. The minimum Gasteiger partial charge on any atom is -0.321 e. The van der Waals surface area contributed by atoms with Gasteiger partial charge in [-0.05, 0) is 26.7 Å². The van der Waals surface area contributed by atoms with Crippen molar-refractivity contribution >= 4 is 23.4 Å². The number of carbonyl (C=O) groups excluding carboxylic acids is 3. The van der Waals surface area contributed by atoms with Crippen molar-refractivity contribution in [1.29, 1.82) is 0 Å². The second kappa shape index (κ2) is 5.64. The van der Waals surface area contributed by atoms with Gasteiger partial charge in [-0.1, -0.05) is 12.2 Å². The van der Waals surface area contributed by atoms with Crippen molar-refractivity contribution in [2.75, 3.05) is 11.9 Å². The highest BCUT2D eigenvalue weighted by atomic mass is 16.2. The first-order valence-corrected chi connectivity index (χ1v) is 7.70. The van der Waals surface area contributed by atoms with Gasteiger partial charge in [-0.25, -0.2) is 0 Å². The minimum absolute atomic E-state index is 0.237. The fourth-order valence-corrected chi connectivity index (χ4v) is 3.30. The van der Waals surface area contributed by atoms with Gasteiger partial charge in [0.15, 0.2) is 0 Å². The van der Waals surface area contributed by atoms with Crippen LogP contribution >= 0.6 is 0 Å². The number of amides is 3. The lowest BCUT2D eigenvalue weighted by Gasteiger charge is -2.14. The van der Waals surface area contributed by atoms with E-state index in [1.54, 1.807) is 18.7 Å². The number of likely N-dealkylation sites (tertiary alicyclic amines) is 1. The standard InChI is InChI=1S/C16H20N4O3/c1-9-14(10(2)19(3)18-9)17-13(21)8-20-15(22)11-6-4-5-7-12(11)16(20)23/h4-5,11-12H,6-8H2,1-3H3,(H,17,21)/t11-,12+. The summed E-state index contributed by atoms with van der Waals surface area (Å²) in [6.07, 6.45) is 5.01. The fourth-order valence-electron chi connectivity index (χ4n) is 3.30. The third-order valence-corrected chi connectivity index (χ3v) is 4.67. The third kappa shape index (κ3) is 2.56. The zero-order chi connectivity index (χ0) is 16.7. The number of hydrogen-bond donors (Lipinski definition) is 1. The lowest BCUT2D eigenvalue weighted by molar-refractivity contribution is -0.142. The topological polar surface area (TPSA) is 84.3 Å². The normalized spacial score (nSPS) is 23.3. The third-order valence-electron chi connectivity index (χ3n) is 4.67. The fraction of sp³-hybridized carbons (Fsp3) is 0.500. The van der Waals surface area contributed by atoms with Crippen LogP contribution in [-0.4, -0.2) is 38.9 Å². The molecule has 3 amide bonds. The molecule has 3 rings (SSSR count). The molecule has 2 aliphatic rings. The van der Waals surface area contributed by atoms with Crippen LogP contribution in [0.3, 0.4) is 0 Å². The lowest BCUT2D eigenvalue weighted by atomic mass is 9.85. The number of allylic oxidation sites excluding steroid dienone is 2. The van der Waals surface area contributed by atoms with Crippen LogP contribution in [-0.2, 0) is 21.4 Å². The Kier molecular flexibility index (Phi) is 3.79. The monoisotopic (exact) mass is 316 g/mol. The van der Waals surface area contributed by atoms with Crippen LogP contribution in [0.1, 0.15) is 24.2 Å². The van der Waals surface area contributed by atoms with Crippen LogP contribution in [0.4, 0.5) is 5.69 Å². The average Bonchev–Trinajstić information content (AvgIpc) is 2.90. The largest absolute Gasteiger partial charge is 0.321 e. The smallest absolute Gasteiger partial charge is 0.244 e. The van der Waals surface area contributed by atoms with Crippen LogP contribution in [0, 0.1) is 25.7 Å². The maximum absolute atomic E-state index is 12.4. The first kappa shape index (κ1) is 15.5. The van der Waals surface area contributed by atoms with E-state index in [0.717, 1.165) is 10.6 Å². The Balaban J connectivity index is 1.71. The van der Waals surface area contributed by atoms with Crippen molar-refractivity contribution < 1.29 is 14.4 Å². The summed E-state index contributed by atoms with van der Waals surface area (Å²) in [4.78, 5) is 38.1. The molecule has 0 aromatic carbocycles. The maximum Gasteiger partial charge on any atom is 0.244 e. The summed E-state index contributed by atoms with van der Waals surface area (Å²) in [7, 11) is 1.79. The molecular formula is C16H20N4O3. The maximum atomic E-state index is 12.4. The molecule has 0 radical (unpaired) electrons. The van der Waals surface area contributed by atoms with Gasteiger partial charge in [0.2, 0.25) is 17.7 Å². The number of imide groups is 1. The van der Waals surface area contributed by atoms with Gasteiger partial charge in [-0.15, -0.1) is 0 Å². The Bertz CT molecular complexity index is 693. The van der Waals surface area contributed by atoms with Gasteiger partial charge in [0.05, 0.1) is 28.9 Å². The molecule has 122 valence electrons. The van der Waals surface area contributed by atoms with Crippen molar-refractivity contribution in [1.82, 2.24) is 14.7 Å². The summed E-state index contributed by atoms with van der Waals surface area (Å²) >= 11 is 0. The van der Waals surface area contributed by atoms with Crippen molar-refractivity contribution in [3.8, 4) is 0 Å². The molecule has 1 aliphatic heterocycles. The molecule has 0 unspecified atom stereocenters. The number of anilines is 1.